The number of benzene rings is 2. The Morgan fingerprint density at radius 3 is 2.65 bits per heavy atom. The predicted octanol–water partition coefficient (Wildman–Crippen LogP) is 2.33. The Bertz CT molecular complexity index is 623. The third kappa shape index (κ3) is 3.29. The van der Waals surface area contributed by atoms with Crippen molar-refractivity contribution >= 4 is 17.3 Å². The number of aryl methyl sites for hydroxylation is 1. The molecular weight excluding hydrogens is 250 g/mol. The van der Waals surface area contributed by atoms with E-state index in [4.69, 9.17) is 11.5 Å². The first kappa shape index (κ1) is 13.9. The normalized spacial score (nSPS) is 10.2. The third-order valence-electron chi connectivity index (χ3n) is 3.30. The average molecular weight is 269 g/mol. The van der Waals surface area contributed by atoms with Crippen molar-refractivity contribution in [1.29, 1.82) is 0 Å². The molecule has 1 amide bonds. The monoisotopic (exact) mass is 269 g/mol. The van der Waals surface area contributed by atoms with Crippen LogP contribution in [-0.2, 0) is 6.42 Å². The fourth-order valence-electron chi connectivity index (χ4n) is 2.11. The van der Waals surface area contributed by atoms with Crippen molar-refractivity contribution in [2.75, 3.05) is 17.6 Å². The van der Waals surface area contributed by atoms with Gasteiger partial charge in [-0.15, -0.1) is 0 Å². The van der Waals surface area contributed by atoms with Crippen molar-refractivity contribution in [3.05, 3.63) is 59.2 Å². The average Bonchev–Trinajstić information content (AvgIpc) is 2.42. The number of rotatable bonds is 5. The Labute approximate surface area is 118 Å². The minimum Gasteiger partial charge on any atom is -0.398 e. The lowest BCUT2D eigenvalue weighted by Crippen LogP contribution is -2.14. The van der Waals surface area contributed by atoms with E-state index in [1.54, 1.807) is 12.1 Å². The Morgan fingerprint density at radius 1 is 1.20 bits per heavy atom. The lowest BCUT2D eigenvalue weighted by molar-refractivity contribution is 0.100. The maximum atomic E-state index is 11.2. The van der Waals surface area contributed by atoms with E-state index in [1.165, 1.54) is 11.1 Å². The van der Waals surface area contributed by atoms with E-state index in [0.717, 1.165) is 18.7 Å². The summed E-state index contributed by atoms with van der Waals surface area (Å²) in [5.41, 5.74) is 15.2. The van der Waals surface area contributed by atoms with Crippen molar-refractivity contribution in [1.82, 2.24) is 0 Å². The third-order valence-corrected chi connectivity index (χ3v) is 3.30. The van der Waals surface area contributed by atoms with E-state index in [-0.39, 0.29) is 0 Å². The standard InChI is InChI=1S/C16H19N3O/c1-11-4-2-3-5-12(11)8-9-19-13-6-7-15(17)14(10-13)16(18)20/h2-7,10,19H,8-9,17H2,1H3,(H2,18,20). The van der Waals surface area contributed by atoms with E-state index in [0.29, 0.717) is 11.3 Å². The number of primary amides is 1. The highest BCUT2D eigenvalue weighted by atomic mass is 16.1. The number of hydrogen-bond donors (Lipinski definition) is 3. The second-order valence-electron chi connectivity index (χ2n) is 4.77. The molecule has 0 aromatic heterocycles. The predicted molar refractivity (Wildman–Crippen MR) is 82.7 cm³/mol. The van der Waals surface area contributed by atoms with E-state index >= 15 is 0 Å². The van der Waals surface area contributed by atoms with Gasteiger partial charge in [-0.3, -0.25) is 4.79 Å². The van der Waals surface area contributed by atoms with Crippen LogP contribution in [0.4, 0.5) is 11.4 Å². The largest absolute Gasteiger partial charge is 0.398 e. The zero-order chi connectivity index (χ0) is 14.5. The molecule has 0 heterocycles. The van der Waals surface area contributed by atoms with Gasteiger partial charge in [0.25, 0.3) is 5.91 Å². The van der Waals surface area contributed by atoms with Gasteiger partial charge in [0.2, 0.25) is 0 Å². The molecule has 0 bridgehead atoms. The molecule has 20 heavy (non-hydrogen) atoms. The summed E-state index contributed by atoms with van der Waals surface area (Å²) in [4.78, 5) is 11.2. The van der Waals surface area contributed by atoms with Crippen LogP contribution < -0.4 is 16.8 Å². The van der Waals surface area contributed by atoms with Gasteiger partial charge >= 0.3 is 0 Å². The van der Waals surface area contributed by atoms with Crippen LogP contribution in [0.15, 0.2) is 42.5 Å². The molecular formula is C16H19N3O. The lowest BCUT2D eigenvalue weighted by atomic mass is 10.1. The summed E-state index contributed by atoms with van der Waals surface area (Å²) in [6.07, 6.45) is 0.920. The first-order valence-corrected chi connectivity index (χ1v) is 6.55. The lowest BCUT2D eigenvalue weighted by Gasteiger charge is -2.10. The number of amides is 1. The van der Waals surface area contributed by atoms with Crippen molar-refractivity contribution in [3.63, 3.8) is 0 Å². The number of nitrogen functional groups attached to an aromatic ring is 1. The number of nitrogens with one attached hydrogen (secondary N) is 1. The maximum Gasteiger partial charge on any atom is 0.250 e. The van der Waals surface area contributed by atoms with Crippen LogP contribution in [0.25, 0.3) is 0 Å². The van der Waals surface area contributed by atoms with Crippen molar-refractivity contribution in [2.24, 2.45) is 5.73 Å². The number of carbonyl (C=O) groups excluding carboxylic acids is 1. The van der Waals surface area contributed by atoms with Gasteiger partial charge in [0.15, 0.2) is 0 Å². The molecule has 2 rings (SSSR count). The highest BCUT2D eigenvalue weighted by molar-refractivity contribution is 5.98. The van der Waals surface area contributed by atoms with Crippen molar-refractivity contribution < 1.29 is 4.79 Å². The summed E-state index contributed by atoms with van der Waals surface area (Å²) in [7, 11) is 0. The smallest absolute Gasteiger partial charge is 0.250 e. The molecule has 0 saturated carbocycles. The summed E-state index contributed by atoms with van der Waals surface area (Å²) in [6, 6.07) is 13.5. The molecule has 0 aliphatic carbocycles. The molecule has 0 unspecified atom stereocenters. The zero-order valence-corrected chi connectivity index (χ0v) is 11.5. The van der Waals surface area contributed by atoms with E-state index in [9.17, 15) is 4.79 Å². The van der Waals surface area contributed by atoms with Gasteiger partial charge in [0.05, 0.1) is 5.56 Å². The number of anilines is 2. The minimum absolute atomic E-state index is 0.353. The van der Waals surface area contributed by atoms with Crippen LogP contribution in [-0.4, -0.2) is 12.5 Å². The number of carbonyl (C=O) groups is 1. The van der Waals surface area contributed by atoms with Crippen LogP contribution in [0.1, 0.15) is 21.5 Å². The van der Waals surface area contributed by atoms with Crippen LogP contribution in [0, 0.1) is 6.92 Å². The highest BCUT2D eigenvalue weighted by Gasteiger charge is 2.06. The molecule has 0 radical (unpaired) electrons. The molecule has 0 saturated heterocycles. The Kier molecular flexibility index (Phi) is 4.25. The van der Waals surface area contributed by atoms with Crippen LogP contribution in [0.5, 0.6) is 0 Å². The van der Waals surface area contributed by atoms with Crippen LogP contribution in [0.2, 0.25) is 0 Å². The van der Waals surface area contributed by atoms with Gasteiger partial charge in [-0.25, -0.2) is 0 Å². The van der Waals surface area contributed by atoms with Gasteiger partial charge in [0.1, 0.15) is 0 Å². The Morgan fingerprint density at radius 2 is 1.95 bits per heavy atom. The summed E-state index contributed by atoms with van der Waals surface area (Å²) in [5.74, 6) is -0.509. The highest BCUT2D eigenvalue weighted by Crippen LogP contribution is 2.17. The quantitative estimate of drug-likeness (QED) is 0.729. The molecule has 0 aliphatic rings. The van der Waals surface area contributed by atoms with Gasteiger partial charge in [-0.2, -0.15) is 0 Å². The minimum atomic E-state index is -0.509. The second-order valence-corrected chi connectivity index (χ2v) is 4.77. The first-order valence-electron chi connectivity index (χ1n) is 6.55. The Hall–Kier alpha value is -2.49. The molecule has 5 N–H and O–H groups in total. The van der Waals surface area contributed by atoms with Gasteiger partial charge in [0, 0.05) is 17.9 Å². The molecule has 104 valence electrons. The molecule has 4 heteroatoms. The summed E-state index contributed by atoms with van der Waals surface area (Å²) < 4.78 is 0. The van der Waals surface area contributed by atoms with E-state index < -0.39 is 5.91 Å². The molecule has 0 aliphatic heterocycles. The van der Waals surface area contributed by atoms with Crippen molar-refractivity contribution in [3.8, 4) is 0 Å². The fraction of sp³-hybridized carbons (Fsp3) is 0.188. The maximum absolute atomic E-state index is 11.2. The van der Waals surface area contributed by atoms with Gasteiger partial charge < -0.3 is 16.8 Å². The van der Waals surface area contributed by atoms with Gasteiger partial charge in [-0.1, -0.05) is 24.3 Å². The molecule has 4 nitrogen and oxygen atoms in total. The summed E-state index contributed by atoms with van der Waals surface area (Å²) in [6.45, 7) is 2.89. The van der Waals surface area contributed by atoms with Crippen molar-refractivity contribution in [2.45, 2.75) is 13.3 Å². The summed E-state index contributed by atoms with van der Waals surface area (Å²) in [5, 5.41) is 3.28. The molecule has 2 aromatic carbocycles. The molecule has 2 aromatic rings. The van der Waals surface area contributed by atoms with Crippen LogP contribution in [0.3, 0.4) is 0 Å². The van der Waals surface area contributed by atoms with E-state index in [1.807, 2.05) is 18.2 Å². The zero-order valence-electron chi connectivity index (χ0n) is 11.5. The first-order chi connectivity index (χ1) is 9.58. The number of nitrogens with two attached hydrogens (primary N) is 2. The fourth-order valence-corrected chi connectivity index (χ4v) is 2.11. The summed E-state index contributed by atoms with van der Waals surface area (Å²) >= 11 is 0. The topological polar surface area (TPSA) is 81.1 Å². The van der Waals surface area contributed by atoms with Crippen LogP contribution >= 0.6 is 0 Å². The SMILES string of the molecule is Cc1ccccc1CCNc1ccc(N)c(C(N)=O)c1. The van der Waals surface area contributed by atoms with Gasteiger partial charge in [-0.05, 0) is 42.7 Å². The molecule has 0 fully saturated rings. The van der Waals surface area contributed by atoms with E-state index in [2.05, 4.69) is 24.4 Å². The number of hydrogen-bond acceptors (Lipinski definition) is 3. The second kappa shape index (κ2) is 6.10. The molecule has 0 spiro atoms. The molecule has 0 atom stereocenters. The Balaban J connectivity index is 2.00.